The van der Waals surface area contributed by atoms with Gasteiger partial charge in [0.25, 0.3) is 0 Å². The van der Waals surface area contributed by atoms with E-state index < -0.39 is 0 Å². The van der Waals surface area contributed by atoms with Crippen LogP contribution in [0, 0.1) is 5.92 Å². The fourth-order valence-corrected chi connectivity index (χ4v) is 2.48. The highest BCUT2D eigenvalue weighted by atomic mass is 16.5. The Kier molecular flexibility index (Phi) is 4.31. The lowest BCUT2D eigenvalue weighted by Crippen LogP contribution is -2.13. The van der Waals surface area contributed by atoms with Crippen molar-refractivity contribution in [3.63, 3.8) is 0 Å². The fourth-order valence-electron chi connectivity index (χ4n) is 2.48. The van der Waals surface area contributed by atoms with E-state index in [1.165, 1.54) is 32.1 Å². The SMILES string of the molecule is CCC1CCC(c2noc(/C=C/CN)n2)CC1. The summed E-state index contributed by atoms with van der Waals surface area (Å²) in [6.07, 6.45) is 9.88. The van der Waals surface area contributed by atoms with Gasteiger partial charge in [0.1, 0.15) is 0 Å². The zero-order valence-electron chi connectivity index (χ0n) is 10.4. The van der Waals surface area contributed by atoms with E-state index in [0.717, 1.165) is 11.7 Å². The Morgan fingerprint density at radius 2 is 2.12 bits per heavy atom. The average molecular weight is 235 g/mol. The van der Waals surface area contributed by atoms with E-state index in [1.54, 1.807) is 6.08 Å². The number of hydrogen-bond donors (Lipinski definition) is 1. The van der Waals surface area contributed by atoms with Gasteiger partial charge in [0, 0.05) is 18.5 Å². The van der Waals surface area contributed by atoms with Gasteiger partial charge in [-0.3, -0.25) is 0 Å². The van der Waals surface area contributed by atoms with Crippen molar-refractivity contribution in [2.45, 2.75) is 44.9 Å². The van der Waals surface area contributed by atoms with Crippen LogP contribution in [0.15, 0.2) is 10.6 Å². The van der Waals surface area contributed by atoms with Gasteiger partial charge in [0.2, 0.25) is 5.89 Å². The molecule has 1 heterocycles. The Bertz CT molecular complexity index is 364. The largest absolute Gasteiger partial charge is 0.335 e. The third-order valence-corrected chi connectivity index (χ3v) is 3.64. The molecule has 1 aromatic rings. The number of hydrogen-bond acceptors (Lipinski definition) is 4. The maximum Gasteiger partial charge on any atom is 0.250 e. The first-order valence-corrected chi connectivity index (χ1v) is 6.53. The van der Waals surface area contributed by atoms with E-state index in [9.17, 15) is 0 Å². The Morgan fingerprint density at radius 1 is 1.35 bits per heavy atom. The summed E-state index contributed by atoms with van der Waals surface area (Å²) < 4.78 is 5.17. The van der Waals surface area contributed by atoms with Crippen LogP contribution in [0.3, 0.4) is 0 Å². The molecule has 1 aromatic heterocycles. The zero-order chi connectivity index (χ0) is 12.1. The van der Waals surface area contributed by atoms with Gasteiger partial charge in [0.05, 0.1) is 0 Å². The highest BCUT2D eigenvalue weighted by Crippen LogP contribution is 2.35. The van der Waals surface area contributed by atoms with Gasteiger partial charge in [-0.2, -0.15) is 4.98 Å². The van der Waals surface area contributed by atoms with Gasteiger partial charge >= 0.3 is 0 Å². The second-order valence-corrected chi connectivity index (χ2v) is 4.75. The molecule has 4 nitrogen and oxygen atoms in total. The Labute approximate surface area is 102 Å². The summed E-state index contributed by atoms with van der Waals surface area (Å²) in [5.74, 6) is 2.83. The summed E-state index contributed by atoms with van der Waals surface area (Å²) in [6.45, 7) is 2.77. The molecule has 94 valence electrons. The van der Waals surface area contributed by atoms with Gasteiger partial charge in [0.15, 0.2) is 5.82 Å². The van der Waals surface area contributed by atoms with Gasteiger partial charge in [-0.05, 0) is 31.6 Å². The van der Waals surface area contributed by atoms with Gasteiger partial charge < -0.3 is 10.3 Å². The van der Waals surface area contributed by atoms with Crippen molar-refractivity contribution in [1.82, 2.24) is 10.1 Å². The van der Waals surface area contributed by atoms with E-state index in [4.69, 9.17) is 10.3 Å². The minimum Gasteiger partial charge on any atom is -0.335 e. The van der Waals surface area contributed by atoms with Crippen molar-refractivity contribution in [3.8, 4) is 0 Å². The van der Waals surface area contributed by atoms with Gasteiger partial charge in [-0.1, -0.05) is 24.6 Å². The summed E-state index contributed by atoms with van der Waals surface area (Å²) in [6, 6.07) is 0. The topological polar surface area (TPSA) is 64.9 Å². The van der Waals surface area contributed by atoms with Crippen molar-refractivity contribution in [2.24, 2.45) is 11.7 Å². The van der Waals surface area contributed by atoms with Crippen molar-refractivity contribution < 1.29 is 4.52 Å². The lowest BCUT2D eigenvalue weighted by molar-refractivity contribution is 0.304. The molecule has 1 fully saturated rings. The molecule has 2 rings (SSSR count). The second kappa shape index (κ2) is 5.96. The summed E-state index contributed by atoms with van der Waals surface area (Å²) >= 11 is 0. The van der Waals surface area contributed by atoms with Crippen LogP contribution < -0.4 is 5.73 Å². The van der Waals surface area contributed by atoms with Crippen molar-refractivity contribution in [1.29, 1.82) is 0 Å². The molecule has 1 saturated carbocycles. The summed E-state index contributed by atoms with van der Waals surface area (Å²) in [4.78, 5) is 4.40. The smallest absolute Gasteiger partial charge is 0.250 e. The van der Waals surface area contributed by atoms with E-state index in [0.29, 0.717) is 18.4 Å². The van der Waals surface area contributed by atoms with Gasteiger partial charge in [-0.15, -0.1) is 0 Å². The van der Waals surface area contributed by atoms with Crippen LogP contribution >= 0.6 is 0 Å². The van der Waals surface area contributed by atoms with Crippen molar-refractivity contribution >= 4 is 6.08 Å². The quantitative estimate of drug-likeness (QED) is 0.871. The molecular weight excluding hydrogens is 214 g/mol. The molecule has 17 heavy (non-hydrogen) atoms. The number of rotatable bonds is 4. The monoisotopic (exact) mass is 235 g/mol. The standard InChI is InChI=1S/C13H21N3O/c1-2-10-5-7-11(8-6-10)13-15-12(17-16-13)4-3-9-14/h3-4,10-11H,2,5-9,14H2,1H3/b4-3+. The van der Waals surface area contributed by atoms with E-state index in [1.807, 2.05) is 6.08 Å². The van der Waals surface area contributed by atoms with Crippen LogP contribution in [0.4, 0.5) is 0 Å². The highest BCUT2D eigenvalue weighted by molar-refractivity contribution is 5.37. The highest BCUT2D eigenvalue weighted by Gasteiger charge is 2.24. The first-order chi connectivity index (χ1) is 8.33. The third kappa shape index (κ3) is 3.16. The number of nitrogens with zero attached hydrogens (tertiary/aromatic N) is 2. The summed E-state index contributed by atoms with van der Waals surface area (Å²) in [7, 11) is 0. The molecule has 1 aliphatic carbocycles. The molecule has 4 heteroatoms. The number of aromatic nitrogens is 2. The van der Waals surface area contributed by atoms with Crippen LogP contribution in [-0.4, -0.2) is 16.7 Å². The Morgan fingerprint density at radius 3 is 2.76 bits per heavy atom. The zero-order valence-corrected chi connectivity index (χ0v) is 10.4. The maximum atomic E-state index is 5.38. The molecule has 0 amide bonds. The molecule has 0 spiro atoms. The predicted molar refractivity (Wildman–Crippen MR) is 67.4 cm³/mol. The summed E-state index contributed by atoms with van der Waals surface area (Å²) in [5, 5.41) is 4.07. The minimum atomic E-state index is 0.488. The normalized spacial score (nSPS) is 25.5. The van der Waals surface area contributed by atoms with Crippen LogP contribution in [0.2, 0.25) is 0 Å². The molecule has 0 aromatic carbocycles. The predicted octanol–water partition coefficient (Wildman–Crippen LogP) is 2.73. The minimum absolute atomic E-state index is 0.488. The third-order valence-electron chi connectivity index (χ3n) is 3.64. The molecule has 0 atom stereocenters. The molecule has 1 aliphatic rings. The molecular formula is C13H21N3O. The van der Waals surface area contributed by atoms with Crippen LogP contribution in [0.25, 0.3) is 6.08 Å². The molecule has 0 aliphatic heterocycles. The molecule has 0 saturated heterocycles. The Balaban J connectivity index is 1.94. The maximum absolute atomic E-state index is 5.38. The van der Waals surface area contributed by atoms with Crippen LogP contribution in [0.5, 0.6) is 0 Å². The molecule has 0 radical (unpaired) electrons. The first-order valence-electron chi connectivity index (χ1n) is 6.53. The molecule has 0 bridgehead atoms. The average Bonchev–Trinajstić information content (AvgIpc) is 2.85. The molecule has 2 N–H and O–H groups in total. The van der Waals surface area contributed by atoms with Crippen LogP contribution in [-0.2, 0) is 0 Å². The lowest BCUT2D eigenvalue weighted by Gasteiger charge is -2.25. The van der Waals surface area contributed by atoms with Crippen LogP contribution in [0.1, 0.15) is 56.7 Å². The first kappa shape index (κ1) is 12.3. The Hall–Kier alpha value is -1.16. The van der Waals surface area contributed by atoms with Gasteiger partial charge in [-0.25, -0.2) is 0 Å². The fraction of sp³-hybridized carbons (Fsp3) is 0.692. The van der Waals surface area contributed by atoms with E-state index in [2.05, 4.69) is 17.1 Å². The second-order valence-electron chi connectivity index (χ2n) is 4.75. The number of nitrogens with two attached hydrogens (primary N) is 1. The van der Waals surface area contributed by atoms with Crippen molar-refractivity contribution in [2.75, 3.05) is 6.54 Å². The lowest BCUT2D eigenvalue weighted by atomic mass is 9.80. The molecule has 0 unspecified atom stereocenters. The summed E-state index contributed by atoms with van der Waals surface area (Å²) in [5.41, 5.74) is 5.38. The van der Waals surface area contributed by atoms with Crippen molar-refractivity contribution in [3.05, 3.63) is 17.8 Å². The van der Waals surface area contributed by atoms with E-state index >= 15 is 0 Å². The van der Waals surface area contributed by atoms with E-state index in [-0.39, 0.29) is 0 Å².